The number of nitriles is 1. The Labute approximate surface area is 186 Å². The van der Waals surface area contributed by atoms with Crippen LogP contribution in [0.1, 0.15) is 41.8 Å². The van der Waals surface area contributed by atoms with Crippen LogP contribution in [-0.4, -0.2) is 41.6 Å². The van der Waals surface area contributed by atoms with Gasteiger partial charge in [-0.1, -0.05) is 6.07 Å². The SMILES string of the molecule is CC(C)N(C)C(=O)OCC1CCc2c(sc(NC(=O)/C=C/c3cccnc3)c2C#N)C1. The fraction of sp³-hybridized carbons (Fsp3) is 0.391. The third-order valence-electron chi connectivity index (χ3n) is 5.33. The summed E-state index contributed by atoms with van der Waals surface area (Å²) in [5.74, 6) is -0.0858. The number of rotatable bonds is 6. The van der Waals surface area contributed by atoms with Crippen LogP contribution < -0.4 is 5.32 Å². The molecule has 0 aromatic carbocycles. The number of hydrogen-bond acceptors (Lipinski definition) is 6. The number of amides is 2. The van der Waals surface area contributed by atoms with Crippen molar-refractivity contribution in [3.8, 4) is 6.07 Å². The Morgan fingerprint density at radius 2 is 2.29 bits per heavy atom. The van der Waals surface area contributed by atoms with Gasteiger partial charge in [0.1, 0.15) is 11.1 Å². The van der Waals surface area contributed by atoms with Gasteiger partial charge in [-0.2, -0.15) is 5.26 Å². The van der Waals surface area contributed by atoms with E-state index >= 15 is 0 Å². The summed E-state index contributed by atoms with van der Waals surface area (Å²) in [5.41, 5.74) is 2.36. The van der Waals surface area contributed by atoms with Gasteiger partial charge < -0.3 is 15.0 Å². The molecule has 0 spiro atoms. The minimum atomic E-state index is -0.321. The highest BCUT2D eigenvalue weighted by Gasteiger charge is 2.27. The van der Waals surface area contributed by atoms with Gasteiger partial charge in [0.2, 0.25) is 5.91 Å². The van der Waals surface area contributed by atoms with Crippen LogP contribution in [0.2, 0.25) is 0 Å². The van der Waals surface area contributed by atoms with Crippen LogP contribution in [-0.2, 0) is 22.4 Å². The summed E-state index contributed by atoms with van der Waals surface area (Å²) in [7, 11) is 1.72. The molecule has 8 heteroatoms. The Balaban J connectivity index is 1.63. The molecule has 2 heterocycles. The van der Waals surface area contributed by atoms with Crippen molar-refractivity contribution in [3.63, 3.8) is 0 Å². The molecule has 2 aromatic heterocycles. The quantitative estimate of drug-likeness (QED) is 0.681. The largest absolute Gasteiger partial charge is 0.449 e. The van der Waals surface area contributed by atoms with Crippen LogP contribution in [0.5, 0.6) is 0 Å². The van der Waals surface area contributed by atoms with Crippen molar-refractivity contribution in [1.29, 1.82) is 5.26 Å². The molecule has 31 heavy (non-hydrogen) atoms. The van der Waals surface area contributed by atoms with Crippen molar-refractivity contribution in [2.75, 3.05) is 19.0 Å². The summed E-state index contributed by atoms with van der Waals surface area (Å²) in [6.45, 7) is 4.22. The predicted octanol–water partition coefficient (Wildman–Crippen LogP) is 4.25. The molecule has 2 amide bonds. The van der Waals surface area contributed by atoms with Gasteiger partial charge in [0.05, 0.1) is 12.2 Å². The molecule has 0 aliphatic heterocycles. The van der Waals surface area contributed by atoms with E-state index in [0.29, 0.717) is 17.2 Å². The van der Waals surface area contributed by atoms with E-state index in [1.807, 2.05) is 19.9 Å². The maximum atomic E-state index is 12.3. The van der Waals surface area contributed by atoms with Gasteiger partial charge in [-0.15, -0.1) is 11.3 Å². The zero-order valence-electron chi connectivity index (χ0n) is 17.9. The van der Waals surface area contributed by atoms with Gasteiger partial charge in [-0.05, 0) is 62.3 Å². The number of nitrogens with one attached hydrogen (secondary N) is 1. The number of carbonyl (C=O) groups is 2. The van der Waals surface area contributed by atoms with Gasteiger partial charge in [0, 0.05) is 36.4 Å². The second kappa shape index (κ2) is 10.2. The first-order chi connectivity index (χ1) is 14.9. The highest BCUT2D eigenvalue weighted by Crippen LogP contribution is 2.39. The highest BCUT2D eigenvalue weighted by molar-refractivity contribution is 7.16. The van der Waals surface area contributed by atoms with Crippen LogP contribution in [0.15, 0.2) is 30.6 Å². The third kappa shape index (κ3) is 5.70. The fourth-order valence-corrected chi connectivity index (χ4v) is 4.62. The van der Waals surface area contributed by atoms with Gasteiger partial charge in [0.25, 0.3) is 0 Å². The van der Waals surface area contributed by atoms with Crippen molar-refractivity contribution >= 4 is 34.4 Å². The zero-order chi connectivity index (χ0) is 22.4. The Hall–Kier alpha value is -3.18. The normalized spacial score (nSPS) is 15.4. The second-order valence-corrected chi connectivity index (χ2v) is 8.92. The standard InChI is InChI=1S/C23H26N4O3S/c1-15(2)27(3)23(29)30-14-17-6-8-18-19(12-24)22(31-20(18)11-17)26-21(28)9-7-16-5-4-10-25-13-16/h4-5,7,9-10,13,15,17H,6,8,11,14H2,1-3H3,(H,26,28)/b9-7+. The van der Waals surface area contributed by atoms with Crippen LogP contribution in [0.3, 0.4) is 0 Å². The van der Waals surface area contributed by atoms with Gasteiger partial charge in [-0.3, -0.25) is 9.78 Å². The van der Waals surface area contributed by atoms with E-state index < -0.39 is 0 Å². The molecular weight excluding hydrogens is 412 g/mol. The number of pyridine rings is 1. The smallest absolute Gasteiger partial charge is 0.409 e. The first-order valence-corrected chi connectivity index (χ1v) is 11.0. The summed E-state index contributed by atoms with van der Waals surface area (Å²) >= 11 is 1.43. The first-order valence-electron chi connectivity index (χ1n) is 10.2. The number of aromatic nitrogens is 1. The van der Waals surface area contributed by atoms with E-state index in [1.54, 1.807) is 36.5 Å². The van der Waals surface area contributed by atoms with E-state index in [2.05, 4.69) is 16.4 Å². The molecule has 1 aliphatic rings. The molecule has 0 fully saturated rings. The van der Waals surface area contributed by atoms with E-state index in [0.717, 1.165) is 35.3 Å². The van der Waals surface area contributed by atoms with Gasteiger partial charge in [0.15, 0.2) is 0 Å². The summed E-state index contributed by atoms with van der Waals surface area (Å²) < 4.78 is 5.46. The summed E-state index contributed by atoms with van der Waals surface area (Å²) in [5, 5.41) is 13.1. The highest BCUT2D eigenvalue weighted by atomic mass is 32.1. The summed E-state index contributed by atoms with van der Waals surface area (Å²) in [6, 6.07) is 5.98. The van der Waals surface area contributed by atoms with E-state index in [-0.39, 0.29) is 24.0 Å². The van der Waals surface area contributed by atoms with Crippen molar-refractivity contribution in [3.05, 3.63) is 52.2 Å². The molecular formula is C23H26N4O3S. The molecule has 1 N–H and O–H groups in total. The summed E-state index contributed by atoms with van der Waals surface area (Å²) in [4.78, 5) is 31.1. The fourth-order valence-electron chi connectivity index (χ4n) is 3.30. The average Bonchev–Trinajstić information content (AvgIpc) is 3.12. The minimum Gasteiger partial charge on any atom is -0.449 e. The van der Waals surface area contributed by atoms with Crippen molar-refractivity contribution in [2.45, 2.75) is 39.2 Å². The zero-order valence-corrected chi connectivity index (χ0v) is 18.7. The molecule has 1 unspecified atom stereocenters. The second-order valence-electron chi connectivity index (χ2n) is 7.82. The van der Waals surface area contributed by atoms with E-state index in [9.17, 15) is 14.9 Å². The maximum Gasteiger partial charge on any atom is 0.409 e. The Morgan fingerprint density at radius 1 is 1.48 bits per heavy atom. The van der Waals surface area contributed by atoms with Crippen molar-refractivity contribution in [2.24, 2.45) is 5.92 Å². The molecule has 0 saturated carbocycles. The number of carbonyl (C=O) groups excluding carboxylic acids is 2. The Morgan fingerprint density at radius 3 is 2.97 bits per heavy atom. The topological polar surface area (TPSA) is 95.3 Å². The van der Waals surface area contributed by atoms with Crippen molar-refractivity contribution in [1.82, 2.24) is 9.88 Å². The number of anilines is 1. The van der Waals surface area contributed by atoms with Gasteiger partial charge in [-0.25, -0.2) is 4.79 Å². The molecule has 3 rings (SSSR count). The maximum absolute atomic E-state index is 12.3. The lowest BCUT2D eigenvalue weighted by Crippen LogP contribution is -2.35. The number of hydrogen-bond donors (Lipinski definition) is 1. The number of nitrogens with zero attached hydrogens (tertiary/aromatic N) is 3. The summed E-state index contributed by atoms with van der Waals surface area (Å²) in [6.07, 6.45) is 8.44. The molecule has 1 aliphatic carbocycles. The molecule has 1 atom stereocenters. The van der Waals surface area contributed by atoms with Crippen LogP contribution in [0.25, 0.3) is 6.08 Å². The molecule has 0 saturated heterocycles. The monoisotopic (exact) mass is 438 g/mol. The Kier molecular flexibility index (Phi) is 7.42. The molecule has 0 radical (unpaired) electrons. The van der Waals surface area contributed by atoms with E-state index in [1.165, 1.54) is 17.4 Å². The lowest BCUT2D eigenvalue weighted by Gasteiger charge is -2.25. The first kappa shape index (κ1) is 22.5. The lowest BCUT2D eigenvalue weighted by atomic mass is 9.88. The molecule has 7 nitrogen and oxygen atoms in total. The number of thiophene rings is 1. The molecule has 2 aromatic rings. The Bertz CT molecular complexity index is 1010. The predicted molar refractivity (Wildman–Crippen MR) is 121 cm³/mol. The van der Waals surface area contributed by atoms with Crippen molar-refractivity contribution < 1.29 is 14.3 Å². The third-order valence-corrected chi connectivity index (χ3v) is 6.50. The lowest BCUT2D eigenvalue weighted by molar-refractivity contribution is -0.111. The molecule has 162 valence electrons. The number of fused-ring (bicyclic) bond motifs is 1. The average molecular weight is 439 g/mol. The van der Waals surface area contributed by atoms with Crippen LogP contribution >= 0.6 is 11.3 Å². The van der Waals surface area contributed by atoms with Crippen LogP contribution in [0.4, 0.5) is 9.80 Å². The van der Waals surface area contributed by atoms with Crippen LogP contribution in [0, 0.1) is 17.2 Å². The minimum absolute atomic E-state index is 0.0827. The molecule has 0 bridgehead atoms. The van der Waals surface area contributed by atoms with E-state index in [4.69, 9.17) is 4.74 Å². The van der Waals surface area contributed by atoms with Gasteiger partial charge >= 0.3 is 6.09 Å². The number of ether oxygens (including phenoxy) is 1.